The summed E-state index contributed by atoms with van der Waals surface area (Å²) in [5.74, 6) is 0.00592. The zero-order chi connectivity index (χ0) is 21.3. The van der Waals surface area contributed by atoms with Crippen LogP contribution >= 0.6 is 0 Å². The highest BCUT2D eigenvalue weighted by atomic mass is 16.7. The molecule has 7 heteroatoms. The standard InChI is InChI=1S/C23H26BNO5/c1-22(2)23(3,4)30-24(29-22)15-7-5-6-13(8-15)12-28-18-10-14-9-16-19(17(14)11-25-18)20(16)21(26)27/h5-8,10-11,16,19-20H,9,12H2,1-4H3,(H,26,27). The molecule has 2 heterocycles. The highest BCUT2D eigenvalue weighted by Crippen LogP contribution is 2.61. The molecular formula is C23H26BNO5. The Bertz CT molecular complexity index is 1000. The summed E-state index contributed by atoms with van der Waals surface area (Å²) in [5, 5.41) is 9.24. The van der Waals surface area contributed by atoms with Gasteiger partial charge in [-0.25, -0.2) is 4.98 Å². The van der Waals surface area contributed by atoms with Gasteiger partial charge in [0.05, 0.1) is 17.1 Å². The van der Waals surface area contributed by atoms with Crippen molar-refractivity contribution in [2.24, 2.45) is 11.8 Å². The summed E-state index contributed by atoms with van der Waals surface area (Å²) in [4.78, 5) is 15.7. The van der Waals surface area contributed by atoms with Gasteiger partial charge in [-0.1, -0.05) is 24.3 Å². The summed E-state index contributed by atoms with van der Waals surface area (Å²) in [6.07, 6.45) is 2.59. The number of pyridine rings is 1. The molecule has 5 rings (SSSR count). The fraction of sp³-hybridized carbons (Fsp3) is 0.478. The second-order valence-corrected chi connectivity index (χ2v) is 9.60. The summed E-state index contributed by atoms with van der Waals surface area (Å²) in [5.41, 5.74) is 3.47. The van der Waals surface area contributed by atoms with Crippen molar-refractivity contribution in [2.45, 2.75) is 57.8 Å². The van der Waals surface area contributed by atoms with Gasteiger partial charge < -0.3 is 19.2 Å². The van der Waals surface area contributed by atoms with Gasteiger partial charge in [0.15, 0.2) is 0 Å². The number of rotatable bonds is 5. The van der Waals surface area contributed by atoms with Gasteiger partial charge in [0.2, 0.25) is 5.88 Å². The average molecular weight is 407 g/mol. The lowest BCUT2D eigenvalue weighted by molar-refractivity contribution is -0.139. The maximum Gasteiger partial charge on any atom is 0.494 e. The predicted octanol–water partition coefficient (Wildman–Crippen LogP) is 2.93. The Labute approximate surface area is 176 Å². The molecule has 3 aliphatic rings. The van der Waals surface area contributed by atoms with Gasteiger partial charge in [-0.15, -0.1) is 0 Å². The van der Waals surface area contributed by atoms with E-state index in [0.29, 0.717) is 12.5 Å². The summed E-state index contributed by atoms with van der Waals surface area (Å²) in [6, 6.07) is 9.99. The number of aliphatic carboxylic acids is 1. The van der Waals surface area contributed by atoms with Gasteiger partial charge in [0.1, 0.15) is 6.61 Å². The van der Waals surface area contributed by atoms with Crippen LogP contribution in [0.5, 0.6) is 5.88 Å². The molecule has 2 aliphatic carbocycles. The van der Waals surface area contributed by atoms with E-state index < -0.39 is 13.1 Å². The van der Waals surface area contributed by atoms with Crippen molar-refractivity contribution in [3.05, 3.63) is 53.2 Å². The Morgan fingerprint density at radius 1 is 1.23 bits per heavy atom. The molecule has 0 radical (unpaired) electrons. The molecule has 1 saturated carbocycles. The molecule has 1 saturated heterocycles. The van der Waals surface area contributed by atoms with Crippen molar-refractivity contribution < 1.29 is 23.9 Å². The van der Waals surface area contributed by atoms with Crippen molar-refractivity contribution in [1.82, 2.24) is 4.98 Å². The highest BCUT2D eigenvalue weighted by Gasteiger charge is 2.60. The van der Waals surface area contributed by atoms with Gasteiger partial charge >= 0.3 is 13.1 Å². The van der Waals surface area contributed by atoms with Gasteiger partial charge in [0, 0.05) is 18.2 Å². The van der Waals surface area contributed by atoms with Crippen molar-refractivity contribution in [1.29, 1.82) is 0 Å². The second-order valence-electron chi connectivity index (χ2n) is 9.60. The van der Waals surface area contributed by atoms with E-state index in [1.54, 1.807) is 6.20 Å². The third-order valence-corrected chi connectivity index (χ3v) is 7.13. The largest absolute Gasteiger partial charge is 0.494 e. The maximum atomic E-state index is 11.2. The summed E-state index contributed by atoms with van der Waals surface area (Å²) >= 11 is 0. The Morgan fingerprint density at radius 2 is 1.97 bits per heavy atom. The Hall–Kier alpha value is -2.38. The minimum Gasteiger partial charge on any atom is -0.481 e. The lowest BCUT2D eigenvalue weighted by Gasteiger charge is -2.32. The quantitative estimate of drug-likeness (QED) is 0.769. The van der Waals surface area contributed by atoms with Crippen molar-refractivity contribution in [3.8, 4) is 5.88 Å². The van der Waals surface area contributed by atoms with Gasteiger partial charge in [-0.2, -0.15) is 0 Å². The first-order chi connectivity index (χ1) is 14.2. The molecular weight excluding hydrogens is 381 g/mol. The van der Waals surface area contributed by atoms with E-state index in [-0.39, 0.29) is 29.0 Å². The molecule has 0 spiro atoms. The minimum absolute atomic E-state index is 0.135. The van der Waals surface area contributed by atoms with Gasteiger partial charge in [-0.3, -0.25) is 4.79 Å². The van der Waals surface area contributed by atoms with E-state index in [9.17, 15) is 9.90 Å². The van der Waals surface area contributed by atoms with Gasteiger partial charge in [-0.05, 0) is 62.2 Å². The molecule has 3 atom stereocenters. The fourth-order valence-corrected chi connectivity index (χ4v) is 4.65. The number of carboxylic acid groups (broad SMARTS) is 1. The number of hydrogen-bond acceptors (Lipinski definition) is 5. The Balaban J connectivity index is 1.25. The summed E-state index contributed by atoms with van der Waals surface area (Å²) in [6.45, 7) is 8.57. The monoisotopic (exact) mass is 407 g/mol. The number of carbonyl (C=O) groups is 1. The van der Waals surface area contributed by atoms with Crippen LogP contribution in [0.2, 0.25) is 0 Å². The number of benzene rings is 1. The number of aromatic nitrogens is 1. The number of ether oxygens (including phenoxy) is 1. The zero-order valence-electron chi connectivity index (χ0n) is 17.7. The van der Waals surface area contributed by atoms with E-state index in [0.717, 1.165) is 23.0 Å². The second kappa shape index (κ2) is 6.56. The third kappa shape index (κ3) is 3.12. The van der Waals surface area contributed by atoms with Crippen LogP contribution in [-0.2, 0) is 27.1 Å². The van der Waals surface area contributed by atoms with Crippen LogP contribution in [0.1, 0.15) is 50.3 Å². The van der Waals surface area contributed by atoms with Crippen LogP contribution in [0.25, 0.3) is 0 Å². The zero-order valence-corrected chi connectivity index (χ0v) is 17.7. The lowest BCUT2D eigenvalue weighted by atomic mass is 9.78. The van der Waals surface area contributed by atoms with Crippen LogP contribution in [-0.4, -0.2) is 34.4 Å². The number of fused-ring (bicyclic) bond motifs is 3. The molecule has 30 heavy (non-hydrogen) atoms. The van der Waals surface area contributed by atoms with Crippen LogP contribution in [0, 0.1) is 11.8 Å². The van der Waals surface area contributed by atoms with E-state index >= 15 is 0 Å². The first-order valence-electron chi connectivity index (χ1n) is 10.5. The average Bonchev–Trinajstić information content (AvgIpc) is 3.20. The first-order valence-corrected chi connectivity index (χ1v) is 10.5. The lowest BCUT2D eigenvalue weighted by Crippen LogP contribution is -2.41. The third-order valence-electron chi connectivity index (χ3n) is 7.13. The van der Waals surface area contributed by atoms with Gasteiger partial charge in [0.25, 0.3) is 0 Å². The molecule has 6 nitrogen and oxygen atoms in total. The molecule has 1 aliphatic heterocycles. The summed E-state index contributed by atoms with van der Waals surface area (Å²) < 4.78 is 18.2. The van der Waals surface area contributed by atoms with Crippen LogP contribution in [0.3, 0.4) is 0 Å². The van der Waals surface area contributed by atoms with E-state index in [4.69, 9.17) is 14.0 Å². The molecule has 1 N–H and O–H groups in total. The van der Waals surface area contributed by atoms with Crippen molar-refractivity contribution in [3.63, 3.8) is 0 Å². The minimum atomic E-state index is -0.696. The predicted molar refractivity (Wildman–Crippen MR) is 112 cm³/mol. The molecule has 1 aromatic carbocycles. The molecule has 2 fully saturated rings. The maximum absolute atomic E-state index is 11.2. The highest BCUT2D eigenvalue weighted by molar-refractivity contribution is 6.62. The molecule has 3 unspecified atom stereocenters. The molecule has 0 bridgehead atoms. The molecule has 156 valence electrons. The topological polar surface area (TPSA) is 77.9 Å². The van der Waals surface area contributed by atoms with Crippen molar-refractivity contribution >= 4 is 18.6 Å². The Kier molecular flexibility index (Phi) is 4.28. The van der Waals surface area contributed by atoms with E-state index in [1.165, 1.54) is 5.56 Å². The molecule has 0 amide bonds. The van der Waals surface area contributed by atoms with Crippen LogP contribution in [0.15, 0.2) is 36.5 Å². The van der Waals surface area contributed by atoms with Crippen molar-refractivity contribution in [2.75, 3.05) is 0 Å². The smallest absolute Gasteiger partial charge is 0.481 e. The Morgan fingerprint density at radius 3 is 2.67 bits per heavy atom. The van der Waals surface area contributed by atoms with Crippen LogP contribution in [0.4, 0.5) is 0 Å². The normalized spacial score (nSPS) is 27.5. The summed E-state index contributed by atoms with van der Waals surface area (Å²) in [7, 11) is -0.401. The fourth-order valence-electron chi connectivity index (χ4n) is 4.65. The molecule has 2 aromatic rings. The van der Waals surface area contributed by atoms with E-state index in [1.807, 2.05) is 58.0 Å². The van der Waals surface area contributed by atoms with E-state index in [2.05, 4.69) is 4.98 Å². The number of carboxylic acids is 1. The van der Waals surface area contributed by atoms with Crippen LogP contribution < -0.4 is 10.2 Å². The first kappa shape index (κ1) is 19.6. The SMILES string of the molecule is CC1(C)OB(c2cccc(COc3cc4c(cn3)C3C(C4)C3C(=O)O)c2)OC1(C)C. The number of hydrogen-bond donors (Lipinski definition) is 1. The molecule has 1 aromatic heterocycles. The number of nitrogens with zero attached hydrogens (tertiary/aromatic N) is 1.